The van der Waals surface area contributed by atoms with E-state index in [2.05, 4.69) is 135 Å². The minimum atomic E-state index is -4.67. The van der Waals surface area contributed by atoms with Crippen LogP contribution < -0.4 is 5.64 Å². The van der Waals surface area contributed by atoms with Gasteiger partial charge in [0.25, 0.3) is 6.54 Å². The quantitative estimate of drug-likeness (QED) is 0.0690. The number of rotatable bonds is 2. The Balaban J connectivity index is -0.0000000468. The monoisotopic (exact) mass is 1300 g/mol. The molecule has 0 fully saturated rings. The topological polar surface area (TPSA) is 179 Å². The van der Waals surface area contributed by atoms with Crippen molar-refractivity contribution in [1.29, 1.82) is 0 Å². The number of hydrogen-bond acceptors (Lipinski definition) is 8. The molecule has 0 aromatic rings. The predicted octanol–water partition coefficient (Wildman–Crippen LogP) is 2.99. The van der Waals surface area contributed by atoms with Gasteiger partial charge in [-0.15, -0.1) is 162 Å². The lowest BCUT2D eigenvalue weighted by Crippen LogP contribution is -2.02. The summed E-state index contributed by atoms with van der Waals surface area (Å²) in [5, 5.41) is 24.0. The molecule has 0 atom stereocenters. The largest absolute Gasteiger partial charge is 0.394 e. The second-order valence-corrected chi connectivity index (χ2v) is 4.98. The van der Waals surface area contributed by atoms with Crippen molar-refractivity contribution < 1.29 is 37.9 Å². The maximum absolute atomic E-state index is 9.84. The summed E-state index contributed by atoms with van der Waals surface area (Å²) in [5.41, 5.74) is 0.986. The highest BCUT2D eigenvalue weighted by Gasteiger charge is 1.85. The molecule has 0 spiro atoms. The number of halogens is 6. The summed E-state index contributed by atoms with van der Waals surface area (Å²) in [6.45, 7) is 1.28. The van der Waals surface area contributed by atoms with E-state index in [9.17, 15) is 10.1 Å². The molecule has 0 radical (unpaired) electrons. The maximum atomic E-state index is 9.84. The SMILES string of the molecule is C#CC#CC#CC#CC#CC#CC.C#CC#CC#CC#CC#CC#CC[N+](=O)[O-].I.I.I.I.I.I.O=S(=O)(O)O.ONOO. The van der Waals surface area contributed by atoms with Crippen molar-refractivity contribution in [3.8, 4) is 143 Å². The molecule has 5 N–H and O–H groups in total. The van der Waals surface area contributed by atoms with Crippen LogP contribution in [0.3, 0.4) is 0 Å². The van der Waals surface area contributed by atoms with Crippen molar-refractivity contribution in [3.05, 3.63) is 10.1 Å². The van der Waals surface area contributed by atoms with E-state index in [1.165, 1.54) is 0 Å². The minimum Gasteiger partial charge on any atom is -0.290 e. The lowest BCUT2D eigenvalue weighted by atomic mass is 10.5. The first-order valence-electron chi connectivity index (χ1n) is 8.42. The van der Waals surface area contributed by atoms with Gasteiger partial charge >= 0.3 is 10.4 Å². The van der Waals surface area contributed by atoms with Crippen LogP contribution in [0.5, 0.6) is 0 Å². The Morgan fingerprint density at radius 3 is 1.09 bits per heavy atom. The summed E-state index contributed by atoms with van der Waals surface area (Å²) in [6.07, 6.45) is 9.71. The van der Waals surface area contributed by atoms with Gasteiger partial charge in [0, 0.05) is 4.92 Å². The zero-order valence-corrected chi connectivity index (χ0v) is 36.3. The molecule has 234 valence electrons. The number of terminal acetylenes is 2. The fourth-order valence-corrected chi connectivity index (χ4v) is 0.720. The molecule has 0 aliphatic carbocycles. The van der Waals surface area contributed by atoms with Crippen LogP contribution in [-0.2, 0) is 15.4 Å². The lowest BCUT2D eigenvalue weighted by molar-refractivity contribution is -0.466. The Hall–Kier alpha value is -1.79. The number of nitrogens with one attached hydrogen (secondary N) is 1. The Labute approximate surface area is 359 Å². The van der Waals surface area contributed by atoms with Crippen LogP contribution in [0.4, 0.5) is 0 Å². The highest BCUT2D eigenvalue weighted by molar-refractivity contribution is 14.0. The van der Waals surface area contributed by atoms with Crippen LogP contribution >= 0.6 is 144 Å². The maximum Gasteiger partial charge on any atom is 0.394 e. The van der Waals surface area contributed by atoms with E-state index in [-0.39, 0.29) is 144 Å². The van der Waals surface area contributed by atoms with Crippen molar-refractivity contribution in [3.63, 3.8) is 0 Å². The summed E-state index contributed by atoms with van der Waals surface area (Å²) in [5.74, 6) is 52.4. The van der Waals surface area contributed by atoms with Gasteiger partial charge in [0.2, 0.25) is 0 Å². The fourth-order valence-electron chi connectivity index (χ4n) is 0.720. The summed E-state index contributed by atoms with van der Waals surface area (Å²) < 4.78 is 31.6. The van der Waals surface area contributed by atoms with E-state index in [4.69, 9.17) is 40.8 Å². The van der Waals surface area contributed by atoms with E-state index in [1.54, 1.807) is 6.92 Å². The average Bonchev–Trinajstić information content (AvgIpc) is 2.86. The third-order valence-corrected chi connectivity index (χ3v) is 1.61. The van der Waals surface area contributed by atoms with Gasteiger partial charge in [-0.2, -0.15) is 8.42 Å². The van der Waals surface area contributed by atoms with Gasteiger partial charge in [-0.05, 0) is 137 Å². The van der Waals surface area contributed by atoms with Gasteiger partial charge in [-0.1, -0.05) is 5.92 Å². The predicted molar refractivity (Wildman–Crippen MR) is 228 cm³/mol. The lowest BCUT2D eigenvalue weighted by Gasteiger charge is -1.75. The molecule has 11 nitrogen and oxygen atoms in total. The highest BCUT2D eigenvalue weighted by Crippen LogP contribution is 1.63. The molecule has 0 amide bonds. The average molecular weight is 1300 g/mol. The third-order valence-electron chi connectivity index (χ3n) is 1.61. The standard InChI is InChI=1S/C13H3NO2.C13H4.6HI.H3NO3.H2O4S/c1-2-3-4-5-6-7-8-9-10-11-12-13-14(15)16;1-3-5-7-9-11-13-12-10-8-6-4-2;;;;;;;2-1-4-3;1-5(2,3)4/h1H,13H2;1H,2H3;6*1H;1-3H;(H2,1,2,3,4). The second kappa shape index (κ2) is 64.2. The molecule has 0 aliphatic rings. The molecule has 18 heteroatoms. The van der Waals surface area contributed by atoms with Gasteiger partial charge in [-0.25, -0.2) is 5.26 Å². The van der Waals surface area contributed by atoms with Crippen molar-refractivity contribution in [2.24, 2.45) is 0 Å². The first-order chi connectivity index (χ1) is 18.1. The van der Waals surface area contributed by atoms with Gasteiger partial charge < -0.3 is 0 Å². The minimum absolute atomic E-state index is 0. The van der Waals surface area contributed by atoms with Gasteiger partial charge in [0.1, 0.15) is 0 Å². The van der Waals surface area contributed by atoms with E-state index >= 15 is 0 Å². The van der Waals surface area contributed by atoms with Crippen LogP contribution in [0.1, 0.15) is 6.92 Å². The van der Waals surface area contributed by atoms with E-state index in [1.807, 2.05) is 0 Å². The normalized spacial score (nSPS) is 4.89. The number of nitro groups is 1. The molecular weight excluding hydrogens is 1280 g/mol. The summed E-state index contributed by atoms with van der Waals surface area (Å²) >= 11 is 0. The summed E-state index contributed by atoms with van der Waals surface area (Å²) in [6, 6.07) is 0. The van der Waals surface area contributed by atoms with Crippen molar-refractivity contribution in [2.45, 2.75) is 6.92 Å². The molecule has 0 aromatic heterocycles. The molecule has 0 unspecified atom stereocenters. The smallest absolute Gasteiger partial charge is 0.290 e. The molecule has 0 aromatic carbocycles. The van der Waals surface area contributed by atoms with Gasteiger partial charge in [0.15, 0.2) is 0 Å². The van der Waals surface area contributed by atoms with Crippen LogP contribution in [-0.4, -0.2) is 39.5 Å². The van der Waals surface area contributed by atoms with Gasteiger partial charge in [-0.3, -0.25) is 24.4 Å². The zero-order valence-electron chi connectivity index (χ0n) is 21.5. The Morgan fingerprint density at radius 2 is 0.886 bits per heavy atom. The van der Waals surface area contributed by atoms with E-state index in [0.717, 1.165) is 5.64 Å². The first kappa shape index (κ1) is 69.1. The van der Waals surface area contributed by atoms with Crippen LogP contribution in [0.15, 0.2) is 0 Å². The Bertz CT molecular complexity index is 1630. The number of nitrogens with zero attached hydrogens (tertiary/aromatic N) is 1. The van der Waals surface area contributed by atoms with E-state index < -0.39 is 21.9 Å². The second-order valence-electron chi connectivity index (χ2n) is 4.09. The molecule has 0 saturated heterocycles. The van der Waals surface area contributed by atoms with E-state index in [0.29, 0.717) is 0 Å². The molecule has 0 bridgehead atoms. The summed E-state index contributed by atoms with van der Waals surface area (Å²) in [4.78, 5) is 12.1. The fraction of sp³-hybridized carbons (Fsp3) is 0.0769. The molecule has 0 heterocycles. The highest BCUT2D eigenvalue weighted by atomic mass is 127. The molecular formula is C26H18I6N2O9S. The molecule has 44 heavy (non-hydrogen) atoms. The Morgan fingerprint density at radius 1 is 0.659 bits per heavy atom. The van der Waals surface area contributed by atoms with Crippen LogP contribution in [0.25, 0.3) is 0 Å². The third kappa shape index (κ3) is 125. The van der Waals surface area contributed by atoms with Crippen LogP contribution in [0.2, 0.25) is 0 Å². The summed E-state index contributed by atoms with van der Waals surface area (Å²) in [7, 11) is -4.67. The molecule has 0 rings (SSSR count). The van der Waals surface area contributed by atoms with Crippen molar-refractivity contribution in [1.82, 2.24) is 5.64 Å². The molecule has 0 aliphatic heterocycles. The Kier molecular flexibility index (Phi) is 101. The number of hydrogen-bond donors (Lipinski definition) is 5. The van der Waals surface area contributed by atoms with Crippen LogP contribution in [0, 0.1) is 153 Å². The van der Waals surface area contributed by atoms with Crippen molar-refractivity contribution >= 4 is 154 Å². The zero-order chi connectivity index (χ0) is 29.8. The molecule has 0 saturated carbocycles. The first-order valence-corrected chi connectivity index (χ1v) is 9.82. The van der Waals surface area contributed by atoms with Crippen molar-refractivity contribution in [2.75, 3.05) is 6.54 Å². The van der Waals surface area contributed by atoms with Gasteiger partial charge in [0.05, 0.1) is 0 Å².